The summed E-state index contributed by atoms with van der Waals surface area (Å²) in [6.45, 7) is 0.213. The lowest BCUT2D eigenvalue weighted by Gasteiger charge is -2.01. The number of benzene rings is 1. The van der Waals surface area contributed by atoms with Crippen LogP contribution in [0.3, 0.4) is 0 Å². The van der Waals surface area contributed by atoms with E-state index in [1.165, 1.54) is 0 Å². The quantitative estimate of drug-likeness (QED) is 0.498. The van der Waals surface area contributed by atoms with Crippen molar-refractivity contribution in [3.8, 4) is 0 Å². The molecule has 0 unspecified atom stereocenters. The average molecular weight is 257 g/mol. The molecule has 1 amide bonds. The summed E-state index contributed by atoms with van der Waals surface area (Å²) in [5.41, 5.74) is 7.73. The topological polar surface area (TPSA) is 125 Å². The fourth-order valence-electron chi connectivity index (χ4n) is 1.84. The first-order valence-corrected chi connectivity index (χ1v) is 5.61. The molecule has 8 heteroatoms. The summed E-state index contributed by atoms with van der Waals surface area (Å²) in [6, 6.07) is 5.37. The minimum absolute atomic E-state index is 0.213. The van der Waals surface area contributed by atoms with Gasteiger partial charge in [0.05, 0.1) is 12.1 Å². The maximum absolute atomic E-state index is 12.1. The lowest BCUT2D eigenvalue weighted by molar-refractivity contribution is 0.0951. The molecule has 0 spiro atoms. The van der Waals surface area contributed by atoms with Crippen molar-refractivity contribution in [1.82, 2.24) is 30.9 Å². The Hall–Kier alpha value is -2.90. The summed E-state index contributed by atoms with van der Waals surface area (Å²) < 4.78 is 0. The van der Waals surface area contributed by atoms with Crippen LogP contribution < -0.4 is 11.1 Å². The Balaban J connectivity index is 1.83. The number of hydrogen-bond donors (Lipinski definition) is 4. The molecule has 0 aliphatic carbocycles. The van der Waals surface area contributed by atoms with Crippen LogP contribution in [0.1, 0.15) is 16.2 Å². The summed E-state index contributed by atoms with van der Waals surface area (Å²) in [6.07, 6.45) is 1.65. The molecule has 0 aliphatic rings. The van der Waals surface area contributed by atoms with Gasteiger partial charge < -0.3 is 16.0 Å². The van der Waals surface area contributed by atoms with Gasteiger partial charge in [0.1, 0.15) is 0 Å². The molecule has 96 valence electrons. The number of anilines is 1. The number of aromatic amines is 2. The van der Waals surface area contributed by atoms with Gasteiger partial charge in [-0.2, -0.15) is 5.21 Å². The molecular formula is C11H11N7O. The summed E-state index contributed by atoms with van der Waals surface area (Å²) in [7, 11) is 0. The number of carbonyl (C=O) groups excluding carboxylic acids is 1. The first kappa shape index (κ1) is 11.2. The maximum Gasteiger partial charge on any atom is 0.253 e. The first-order chi connectivity index (χ1) is 9.24. The number of hydrogen-bond acceptors (Lipinski definition) is 5. The van der Waals surface area contributed by atoms with Crippen molar-refractivity contribution in [2.75, 3.05) is 5.73 Å². The van der Waals surface area contributed by atoms with Crippen LogP contribution in [0.4, 0.5) is 5.69 Å². The van der Waals surface area contributed by atoms with Gasteiger partial charge in [0.15, 0.2) is 5.82 Å². The van der Waals surface area contributed by atoms with Crippen molar-refractivity contribution in [2.24, 2.45) is 0 Å². The summed E-state index contributed by atoms with van der Waals surface area (Å²) in [5.74, 6) is 0.203. The predicted molar refractivity (Wildman–Crippen MR) is 68.1 cm³/mol. The van der Waals surface area contributed by atoms with Gasteiger partial charge in [-0.25, -0.2) is 0 Å². The zero-order chi connectivity index (χ0) is 13.2. The number of fused-ring (bicyclic) bond motifs is 1. The molecule has 2 heterocycles. The molecule has 0 radical (unpaired) electrons. The highest BCUT2D eigenvalue weighted by Crippen LogP contribution is 2.20. The van der Waals surface area contributed by atoms with Crippen LogP contribution in [0.5, 0.6) is 0 Å². The number of nitrogens with zero attached hydrogens (tertiary/aromatic N) is 3. The third-order valence-electron chi connectivity index (χ3n) is 2.75. The minimum atomic E-state index is -0.221. The van der Waals surface area contributed by atoms with Gasteiger partial charge in [-0.05, 0) is 18.2 Å². The Morgan fingerprint density at radius 3 is 3.11 bits per heavy atom. The monoisotopic (exact) mass is 257 g/mol. The summed E-state index contributed by atoms with van der Waals surface area (Å²) in [5, 5.41) is 16.7. The number of tetrazole rings is 1. The van der Waals surface area contributed by atoms with Crippen molar-refractivity contribution in [2.45, 2.75) is 6.54 Å². The lowest BCUT2D eigenvalue weighted by atomic mass is 10.1. The van der Waals surface area contributed by atoms with E-state index in [0.717, 1.165) is 10.9 Å². The molecule has 19 heavy (non-hydrogen) atoms. The number of nitrogens with two attached hydrogens (primary N) is 1. The Morgan fingerprint density at radius 2 is 2.32 bits per heavy atom. The Morgan fingerprint density at radius 1 is 1.42 bits per heavy atom. The fraction of sp³-hybridized carbons (Fsp3) is 0.0909. The molecule has 0 bridgehead atoms. The third-order valence-corrected chi connectivity index (χ3v) is 2.75. The third kappa shape index (κ3) is 2.10. The van der Waals surface area contributed by atoms with Crippen LogP contribution in [-0.2, 0) is 6.54 Å². The van der Waals surface area contributed by atoms with Gasteiger partial charge in [0.2, 0.25) is 0 Å². The first-order valence-electron chi connectivity index (χ1n) is 5.61. The smallest absolute Gasteiger partial charge is 0.253 e. The zero-order valence-corrected chi connectivity index (χ0v) is 9.84. The number of carbonyl (C=O) groups is 1. The normalized spacial score (nSPS) is 10.7. The molecule has 8 nitrogen and oxygen atoms in total. The summed E-state index contributed by atoms with van der Waals surface area (Å²) in [4.78, 5) is 15.1. The van der Waals surface area contributed by atoms with E-state index in [2.05, 4.69) is 30.9 Å². The molecule has 3 aromatic rings. The molecular weight excluding hydrogens is 246 g/mol. The number of H-pyrrole nitrogens is 2. The van der Waals surface area contributed by atoms with Gasteiger partial charge in [-0.1, -0.05) is 5.21 Å². The second kappa shape index (κ2) is 4.41. The standard InChI is InChI=1S/C11H11N7O/c12-6-1-2-9-7(3-6)8(4-13-9)11(19)14-5-10-15-17-18-16-10/h1-4,13H,5,12H2,(H,14,19)(H,15,16,17,18). The number of nitrogen functional groups attached to an aromatic ring is 1. The highest BCUT2D eigenvalue weighted by atomic mass is 16.1. The minimum Gasteiger partial charge on any atom is -0.399 e. The molecule has 1 aromatic carbocycles. The second-order valence-corrected chi connectivity index (χ2v) is 4.02. The van der Waals surface area contributed by atoms with E-state index >= 15 is 0 Å². The molecule has 2 aromatic heterocycles. The van der Waals surface area contributed by atoms with Crippen LogP contribution in [0, 0.1) is 0 Å². The van der Waals surface area contributed by atoms with E-state index in [0.29, 0.717) is 17.1 Å². The molecule has 0 aliphatic heterocycles. The molecule has 3 rings (SSSR count). The highest BCUT2D eigenvalue weighted by Gasteiger charge is 2.12. The van der Waals surface area contributed by atoms with Gasteiger partial charge in [0, 0.05) is 22.8 Å². The second-order valence-electron chi connectivity index (χ2n) is 4.02. The van der Waals surface area contributed by atoms with Gasteiger partial charge in [0.25, 0.3) is 5.91 Å². The average Bonchev–Trinajstić information content (AvgIpc) is 3.04. The Kier molecular flexibility index (Phi) is 2.60. The largest absolute Gasteiger partial charge is 0.399 e. The van der Waals surface area contributed by atoms with E-state index in [9.17, 15) is 4.79 Å². The molecule has 0 atom stereocenters. The van der Waals surface area contributed by atoms with Crippen LogP contribution in [0.2, 0.25) is 0 Å². The van der Waals surface area contributed by atoms with Gasteiger partial charge >= 0.3 is 0 Å². The van der Waals surface area contributed by atoms with Crippen LogP contribution >= 0.6 is 0 Å². The van der Waals surface area contributed by atoms with E-state index in [1.807, 2.05) is 6.07 Å². The molecule has 0 saturated heterocycles. The number of aromatic nitrogens is 5. The van der Waals surface area contributed by atoms with Crippen molar-refractivity contribution < 1.29 is 4.79 Å². The highest BCUT2D eigenvalue weighted by molar-refractivity contribution is 6.07. The Bertz CT molecular complexity index is 716. The SMILES string of the molecule is Nc1ccc2[nH]cc(C(=O)NCc3nn[nH]n3)c2c1. The number of amides is 1. The molecule has 5 N–H and O–H groups in total. The van der Waals surface area contributed by atoms with Crippen molar-refractivity contribution in [3.05, 3.63) is 35.8 Å². The van der Waals surface area contributed by atoms with Crippen LogP contribution in [-0.4, -0.2) is 31.5 Å². The zero-order valence-electron chi connectivity index (χ0n) is 9.84. The predicted octanol–water partition coefficient (Wildman–Crippen LogP) is 0.193. The lowest BCUT2D eigenvalue weighted by Crippen LogP contribution is -2.23. The van der Waals surface area contributed by atoms with E-state index < -0.39 is 0 Å². The van der Waals surface area contributed by atoms with E-state index in [1.54, 1.807) is 18.3 Å². The van der Waals surface area contributed by atoms with Crippen molar-refractivity contribution in [1.29, 1.82) is 0 Å². The summed E-state index contributed by atoms with van der Waals surface area (Å²) >= 11 is 0. The van der Waals surface area contributed by atoms with Gasteiger partial charge in [-0.15, -0.1) is 10.2 Å². The van der Waals surface area contributed by atoms with Crippen molar-refractivity contribution in [3.63, 3.8) is 0 Å². The van der Waals surface area contributed by atoms with Crippen molar-refractivity contribution >= 4 is 22.5 Å². The van der Waals surface area contributed by atoms with Crippen LogP contribution in [0.15, 0.2) is 24.4 Å². The van der Waals surface area contributed by atoms with E-state index in [-0.39, 0.29) is 12.5 Å². The Labute approximate surface area is 107 Å². The van der Waals surface area contributed by atoms with Crippen LogP contribution in [0.25, 0.3) is 10.9 Å². The fourth-order valence-corrected chi connectivity index (χ4v) is 1.84. The number of nitrogens with one attached hydrogen (secondary N) is 3. The maximum atomic E-state index is 12.1. The van der Waals surface area contributed by atoms with Gasteiger partial charge in [-0.3, -0.25) is 4.79 Å². The molecule has 0 saturated carbocycles. The molecule has 0 fully saturated rings. The number of rotatable bonds is 3. The van der Waals surface area contributed by atoms with E-state index in [4.69, 9.17) is 5.73 Å².